The van der Waals surface area contributed by atoms with Crippen molar-refractivity contribution in [1.29, 1.82) is 0 Å². The normalized spacial score (nSPS) is 22.6. The Bertz CT molecular complexity index is 373. The fraction of sp³-hybridized carbons (Fsp3) is 0.875. The Hall–Kier alpha value is -1.30. The molecule has 0 bridgehead atoms. The molecule has 0 radical (unpaired) electrons. The summed E-state index contributed by atoms with van der Waals surface area (Å²) < 4.78 is 11.0. The molecule has 1 aliphatic heterocycles. The summed E-state index contributed by atoms with van der Waals surface area (Å²) in [5, 5.41) is 2.93. The summed E-state index contributed by atoms with van der Waals surface area (Å²) in [7, 11) is 0. The Balaban J connectivity index is 2.85. The van der Waals surface area contributed by atoms with Gasteiger partial charge in [0, 0.05) is 18.6 Å². The average molecular weight is 314 g/mol. The zero-order chi connectivity index (χ0) is 17.1. The Morgan fingerprint density at radius 2 is 1.77 bits per heavy atom. The van der Waals surface area contributed by atoms with Crippen molar-refractivity contribution in [3.8, 4) is 0 Å². The molecule has 0 aromatic carbocycles. The number of nitrogens with one attached hydrogen (secondary N) is 1. The van der Waals surface area contributed by atoms with E-state index in [4.69, 9.17) is 9.47 Å². The fourth-order valence-corrected chi connectivity index (χ4v) is 2.38. The summed E-state index contributed by atoms with van der Waals surface area (Å²) in [4.78, 5) is 26.3. The average Bonchev–Trinajstić information content (AvgIpc) is 2.69. The van der Waals surface area contributed by atoms with E-state index in [9.17, 15) is 9.59 Å². The Kier molecular flexibility index (Phi) is 5.84. The van der Waals surface area contributed by atoms with Crippen LogP contribution in [0.25, 0.3) is 0 Å². The Morgan fingerprint density at radius 3 is 2.23 bits per heavy atom. The molecular formula is C16H30N2O4. The minimum Gasteiger partial charge on any atom is -0.444 e. The summed E-state index contributed by atoms with van der Waals surface area (Å²) in [6.45, 7) is 14.0. The monoisotopic (exact) mass is 314 g/mol. The first-order valence-electron chi connectivity index (χ1n) is 7.86. The van der Waals surface area contributed by atoms with Crippen molar-refractivity contribution >= 4 is 12.0 Å². The number of carbonyl (C=O) groups excluding carboxylic acids is 2. The first-order valence-corrected chi connectivity index (χ1v) is 7.86. The van der Waals surface area contributed by atoms with Gasteiger partial charge in [-0.1, -0.05) is 0 Å². The highest BCUT2D eigenvalue weighted by Crippen LogP contribution is 2.24. The molecule has 6 nitrogen and oxygen atoms in total. The lowest BCUT2D eigenvalue weighted by molar-refractivity contribution is -0.127. The fourth-order valence-electron chi connectivity index (χ4n) is 2.38. The minimum atomic E-state index is -0.591. The van der Waals surface area contributed by atoms with E-state index in [-0.39, 0.29) is 17.6 Å². The molecule has 22 heavy (non-hydrogen) atoms. The van der Waals surface area contributed by atoms with Crippen molar-refractivity contribution in [2.45, 2.75) is 78.2 Å². The van der Waals surface area contributed by atoms with Crippen molar-refractivity contribution in [3.05, 3.63) is 0 Å². The quantitative estimate of drug-likeness (QED) is 0.868. The summed E-state index contributed by atoms with van der Waals surface area (Å²) in [5.41, 5.74) is -0.938. The van der Waals surface area contributed by atoms with Crippen LogP contribution in [0.15, 0.2) is 0 Å². The van der Waals surface area contributed by atoms with E-state index in [1.807, 2.05) is 48.5 Å². The van der Waals surface area contributed by atoms with E-state index in [2.05, 4.69) is 5.32 Å². The van der Waals surface area contributed by atoms with Crippen molar-refractivity contribution in [2.75, 3.05) is 13.2 Å². The third-order valence-corrected chi connectivity index (χ3v) is 3.09. The molecule has 0 aromatic heterocycles. The number of rotatable bonds is 3. The highest BCUT2D eigenvalue weighted by Gasteiger charge is 2.42. The minimum absolute atomic E-state index is 0.131. The number of carbonyl (C=O) groups is 2. The van der Waals surface area contributed by atoms with Gasteiger partial charge in [0.05, 0.1) is 12.6 Å². The van der Waals surface area contributed by atoms with Crippen LogP contribution in [0.1, 0.15) is 54.9 Å². The third-order valence-electron chi connectivity index (χ3n) is 3.09. The second kappa shape index (κ2) is 6.86. The molecule has 1 heterocycles. The predicted octanol–water partition coefficient (Wildman–Crippen LogP) is 2.32. The number of ether oxygens (including phenoxy) is 2. The van der Waals surface area contributed by atoms with Gasteiger partial charge in [-0.3, -0.25) is 9.69 Å². The van der Waals surface area contributed by atoms with Crippen LogP contribution in [0.4, 0.5) is 4.79 Å². The molecule has 0 aliphatic carbocycles. The zero-order valence-corrected chi connectivity index (χ0v) is 14.9. The Morgan fingerprint density at radius 1 is 1.18 bits per heavy atom. The molecule has 6 heteroatoms. The van der Waals surface area contributed by atoms with E-state index in [0.717, 1.165) is 0 Å². The maximum absolute atomic E-state index is 12.5. The zero-order valence-electron chi connectivity index (χ0n) is 14.9. The standard InChI is InChI=1S/C16H30N2O4/c1-8-21-11-9-12(13(19)17-15(2,3)4)18(10-11)14(20)22-16(5,6)7/h11-12H,8-10H2,1-7H3,(H,17,19)/t11-,12-/m0/s1. The van der Waals surface area contributed by atoms with Crippen LogP contribution < -0.4 is 5.32 Å². The van der Waals surface area contributed by atoms with Crippen LogP contribution in [0, 0.1) is 0 Å². The Labute approximate surface area is 133 Å². The maximum Gasteiger partial charge on any atom is 0.411 e. The maximum atomic E-state index is 12.5. The second-order valence-electron chi connectivity index (χ2n) is 7.70. The van der Waals surface area contributed by atoms with E-state index in [0.29, 0.717) is 19.6 Å². The van der Waals surface area contributed by atoms with Crippen LogP contribution in [-0.4, -0.2) is 53.3 Å². The van der Waals surface area contributed by atoms with Gasteiger partial charge < -0.3 is 14.8 Å². The van der Waals surface area contributed by atoms with Crippen LogP contribution in [0.2, 0.25) is 0 Å². The summed E-state index contributed by atoms with van der Waals surface area (Å²) in [6, 6.07) is -0.550. The van der Waals surface area contributed by atoms with Gasteiger partial charge in [-0.25, -0.2) is 4.79 Å². The van der Waals surface area contributed by atoms with Crippen LogP contribution in [0.5, 0.6) is 0 Å². The second-order valence-corrected chi connectivity index (χ2v) is 7.70. The molecule has 128 valence electrons. The van der Waals surface area contributed by atoms with E-state index >= 15 is 0 Å². The molecule has 1 fully saturated rings. The SMILES string of the molecule is CCO[C@H]1C[C@@H](C(=O)NC(C)(C)C)N(C(=O)OC(C)(C)C)C1. The number of nitrogens with zero attached hydrogens (tertiary/aromatic N) is 1. The molecule has 2 amide bonds. The molecule has 1 N–H and O–H groups in total. The van der Waals surface area contributed by atoms with Crippen molar-refractivity contribution < 1.29 is 19.1 Å². The van der Waals surface area contributed by atoms with E-state index in [1.165, 1.54) is 4.90 Å². The van der Waals surface area contributed by atoms with Crippen LogP contribution in [0.3, 0.4) is 0 Å². The van der Waals surface area contributed by atoms with Gasteiger partial charge in [-0.2, -0.15) is 0 Å². The molecule has 0 saturated carbocycles. The number of hydrogen-bond donors (Lipinski definition) is 1. The van der Waals surface area contributed by atoms with E-state index in [1.54, 1.807) is 0 Å². The summed E-state index contributed by atoms with van der Waals surface area (Å²) >= 11 is 0. The summed E-state index contributed by atoms with van der Waals surface area (Å²) in [5.74, 6) is -0.166. The first kappa shape index (κ1) is 18.7. The highest BCUT2D eigenvalue weighted by atomic mass is 16.6. The van der Waals surface area contributed by atoms with Gasteiger partial charge in [-0.15, -0.1) is 0 Å². The van der Waals surface area contributed by atoms with Crippen LogP contribution >= 0.6 is 0 Å². The lowest BCUT2D eigenvalue weighted by atomic mass is 10.1. The van der Waals surface area contributed by atoms with Crippen molar-refractivity contribution in [2.24, 2.45) is 0 Å². The van der Waals surface area contributed by atoms with E-state index < -0.39 is 17.7 Å². The first-order chi connectivity index (χ1) is 9.93. The molecule has 0 aromatic rings. The largest absolute Gasteiger partial charge is 0.444 e. The highest BCUT2D eigenvalue weighted by molar-refractivity contribution is 5.86. The molecule has 2 atom stereocenters. The smallest absolute Gasteiger partial charge is 0.411 e. The molecule has 1 aliphatic rings. The summed E-state index contributed by atoms with van der Waals surface area (Å²) in [6.07, 6.45) is -0.105. The predicted molar refractivity (Wildman–Crippen MR) is 84.7 cm³/mol. The van der Waals surface area contributed by atoms with Crippen molar-refractivity contribution in [1.82, 2.24) is 10.2 Å². The third kappa shape index (κ3) is 5.83. The van der Waals surface area contributed by atoms with Gasteiger partial charge in [0.1, 0.15) is 11.6 Å². The lowest BCUT2D eigenvalue weighted by Crippen LogP contribution is -2.52. The van der Waals surface area contributed by atoms with Gasteiger partial charge in [0.15, 0.2) is 0 Å². The molecule has 0 spiro atoms. The van der Waals surface area contributed by atoms with Crippen molar-refractivity contribution in [3.63, 3.8) is 0 Å². The molecule has 1 rings (SSSR count). The lowest BCUT2D eigenvalue weighted by Gasteiger charge is -2.30. The number of amides is 2. The van der Waals surface area contributed by atoms with Gasteiger partial charge in [0.2, 0.25) is 5.91 Å². The number of hydrogen-bond acceptors (Lipinski definition) is 4. The van der Waals surface area contributed by atoms with Gasteiger partial charge in [0.25, 0.3) is 0 Å². The van der Waals surface area contributed by atoms with Crippen LogP contribution in [-0.2, 0) is 14.3 Å². The van der Waals surface area contributed by atoms with Gasteiger partial charge in [-0.05, 0) is 48.5 Å². The molecular weight excluding hydrogens is 284 g/mol. The number of likely N-dealkylation sites (tertiary alicyclic amines) is 1. The topological polar surface area (TPSA) is 67.9 Å². The molecule has 1 saturated heterocycles. The molecule has 0 unspecified atom stereocenters. The van der Waals surface area contributed by atoms with Gasteiger partial charge >= 0.3 is 6.09 Å².